The minimum Gasteiger partial charge on any atom is -0.378 e. The van der Waals surface area contributed by atoms with Gasteiger partial charge in [-0.3, -0.25) is 10.2 Å². The van der Waals surface area contributed by atoms with Gasteiger partial charge in [0.1, 0.15) is 5.04 Å². The molecule has 7 heteroatoms. The molecular weight excluding hydrogens is 370 g/mol. The van der Waals surface area contributed by atoms with Gasteiger partial charge in [-0.15, -0.1) is 0 Å². The molecule has 0 saturated carbocycles. The maximum atomic E-state index is 12.5. The van der Waals surface area contributed by atoms with Crippen LogP contribution in [0.5, 0.6) is 0 Å². The average molecular weight is 389 g/mol. The van der Waals surface area contributed by atoms with Gasteiger partial charge in [-0.2, -0.15) is 15.1 Å². The number of benzene rings is 2. The predicted octanol–water partition coefficient (Wildman–Crippen LogP) is 3.73. The van der Waals surface area contributed by atoms with Crippen LogP contribution in [0.25, 0.3) is 6.08 Å². The summed E-state index contributed by atoms with van der Waals surface area (Å²) in [6, 6.07) is 15.7. The summed E-state index contributed by atoms with van der Waals surface area (Å²) in [4.78, 5) is 18.7. The molecule has 0 unspecified atom stereocenters. The number of amides is 1. The summed E-state index contributed by atoms with van der Waals surface area (Å²) < 4.78 is 0. The van der Waals surface area contributed by atoms with E-state index in [1.807, 2.05) is 74.4 Å². The number of fused-ring (bicyclic) bond motifs is 1. The van der Waals surface area contributed by atoms with Crippen LogP contribution in [0.2, 0.25) is 0 Å². The molecule has 2 aliphatic heterocycles. The summed E-state index contributed by atoms with van der Waals surface area (Å²) in [6.45, 7) is 2.01. The monoisotopic (exact) mass is 389 g/mol. The van der Waals surface area contributed by atoms with Crippen molar-refractivity contribution in [1.82, 2.24) is 5.01 Å². The molecular formula is C21H19N5OS. The Hall–Kier alpha value is -3.19. The highest BCUT2D eigenvalue weighted by molar-refractivity contribution is 8.27. The molecule has 0 bridgehead atoms. The van der Waals surface area contributed by atoms with Gasteiger partial charge in [-0.05, 0) is 48.0 Å². The normalized spacial score (nSPS) is 17.5. The quantitative estimate of drug-likeness (QED) is 0.812. The number of amidine groups is 2. The molecule has 0 atom stereocenters. The number of thioether (sulfide) groups is 1. The van der Waals surface area contributed by atoms with E-state index in [1.165, 1.54) is 16.8 Å². The van der Waals surface area contributed by atoms with E-state index in [-0.39, 0.29) is 11.4 Å². The van der Waals surface area contributed by atoms with Crippen molar-refractivity contribution in [2.24, 2.45) is 10.1 Å². The molecule has 2 aliphatic rings. The number of carbonyl (C=O) groups is 1. The molecule has 1 N–H and O–H groups in total. The van der Waals surface area contributed by atoms with Gasteiger partial charge in [0.15, 0.2) is 5.84 Å². The summed E-state index contributed by atoms with van der Waals surface area (Å²) in [5.74, 6) is -0.371. The molecule has 0 spiro atoms. The smallest absolute Gasteiger partial charge is 0.283 e. The fourth-order valence-corrected chi connectivity index (χ4v) is 3.93. The van der Waals surface area contributed by atoms with Gasteiger partial charge in [0, 0.05) is 25.3 Å². The summed E-state index contributed by atoms with van der Waals surface area (Å²) in [5.41, 5.74) is 4.21. The molecule has 1 amide bonds. The first-order chi connectivity index (χ1) is 13.4. The topological polar surface area (TPSA) is 72.1 Å². The zero-order valence-electron chi connectivity index (χ0n) is 15.8. The molecule has 0 aromatic heterocycles. The number of rotatable bonds is 3. The molecule has 4 rings (SSSR count). The van der Waals surface area contributed by atoms with E-state index in [1.54, 1.807) is 6.08 Å². The molecule has 2 aromatic carbocycles. The minimum atomic E-state index is -0.415. The molecule has 2 heterocycles. The van der Waals surface area contributed by atoms with Crippen LogP contribution in [0.1, 0.15) is 16.7 Å². The van der Waals surface area contributed by atoms with Crippen molar-refractivity contribution < 1.29 is 4.79 Å². The van der Waals surface area contributed by atoms with Gasteiger partial charge in [-0.25, -0.2) is 0 Å². The van der Waals surface area contributed by atoms with Gasteiger partial charge >= 0.3 is 0 Å². The van der Waals surface area contributed by atoms with Crippen molar-refractivity contribution >= 4 is 45.5 Å². The van der Waals surface area contributed by atoms with Gasteiger partial charge in [-0.1, -0.05) is 36.4 Å². The number of nitrogens with zero attached hydrogens (tertiary/aromatic N) is 4. The third kappa shape index (κ3) is 3.25. The lowest BCUT2D eigenvalue weighted by Crippen LogP contribution is -2.35. The molecule has 0 fully saturated rings. The van der Waals surface area contributed by atoms with Crippen molar-refractivity contribution in [3.63, 3.8) is 0 Å². The zero-order chi connectivity index (χ0) is 19.8. The Morgan fingerprint density at radius 2 is 1.82 bits per heavy atom. The van der Waals surface area contributed by atoms with E-state index in [9.17, 15) is 4.79 Å². The van der Waals surface area contributed by atoms with Crippen LogP contribution in [0.4, 0.5) is 5.69 Å². The lowest BCUT2D eigenvalue weighted by atomic mass is 10.1. The maximum Gasteiger partial charge on any atom is 0.283 e. The Bertz CT molecular complexity index is 1070. The first-order valence-corrected chi connectivity index (χ1v) is 9.59. The van der Waals surface area contributed by atoms with Crippen LogP contribution < -0.4 is 4.90 Å². The van der Waals surface area contributed by atoms with Crippen molar-refractivity contribution in [3.8, 4) is 0 Å². The summed E-state index contributed by atoms with van der Waals surface area (Å²) in [6.07, 6.45) is 1.69. The molecule has 0 aliphatic carbocycles. The van der Waals surface area contributed by atoms with Crippen molar-refractivity contribution in [3.05, 3.63) is 70.8 Å². The molecule has 28 heavy (non-hydrogen) atoms. The molecule has 0 saturated heterocycles. The lowest BCUT2D eigenvalue weighted by Gasteiger charge is -2.20. The molecule has 140 valence electrons. The highest BCUT2D eigenvalue weighted by Gasteiger charge is 2.36. The van der Waals surface area contributed by atoms with Crippen molar-refractivity contribution in [1.29, 1.82) is 5.41 Å². The lowest BCUT2D eigenvalue weighted by molar-refractivity contribution is -0.114. The van der Waals surface area contributed by atoms with Crippen LogP contribution in [-0.4, -0.2) is 41.1 Å². The van der Waals surface area contributed by atoms with Gasteiger partial charge in [0.05, 0.1) is 5.57 Å². The van der Waals surface area contributed by atoms with Crippen LogP contribution in [0.15, 0.2) is 64.2 Å². The van der Waals surface area contributed by atoms with Crippen LogP contribution in [-0.2, 0) is 4.79 Å². The van der Waals surface area contributed by atoms with Crippen LogP contribution in [0, 0.1) is 12.3 Å². The van der Waals surface area contributed by atoms with Crippen molar-refractivity contribution in [2.45, 2.75) is 6.92 Å². The first kappa shape index (κ1) is 18.2. The third-order valence-corrected chi connectivity index (χ3v) is 5.49. The summed E-state index contributed by atoms with van der Waals surface area (Å²) in [7, 11) is 3.94. The highest BCUT2D eigenvalue weighted by atomic mass is 32.2. The first-order valence-electron chi connectivity index (χ1n) is 8.77. The van der Waals surface area contributed by atoms with E-state index >= 15 is 0 Å². The zero-order valence-corrected chi connectivity index (χ0v) is 16.6. The number of hydrogen-bond donors (Lipinski definition) is 1. The summed E-state index contributed by atoms with van der Waals surface area (Å²) >= 11 is 1.31. The van der Waals surface area contributed by atoms with Crippen LogP contribution >= 0.6 is 11.8 Å². The Morgan fingerprint density at radius 1 is 1.11 bits per heavy atom. The van der Waals surface area contributed by atoms with Crippen LogP contribution in [0.3, 0.4) is 0 Å². The number of hydrazone groups is 1. The number of anilines is 1. The number of hydrogen-bond acceptors (Lipinski definition) is 5. The van der Waals surface area contributed by atoms with E-state index < -0.39 is 5.91 Å². The van der Waals surface area contributed by atoms with Crippen molar-refractivity contribution in [2.75, 3.05) is 19.0 Å². The number of carbonyl (C=O) groups excluding carboxylic acids is 1. The van der Waals surface area contributed by atoms with Gasteiger partial charge < -0.3 is 4.90 Å². The second-order valence-electron chi connectivity index (χ2n) is 6.73. The van der Waals surface area contributed by atoms with Gasteiger partial charge in [0.25, 0.3) is 5.91 Å². The van der Waals surface area contributed by atoms with Gasteiger partial charge in [0.2, 0.25) is 5.17 Å². The van der Waals surface area contributed by atoms with E-state index in [0.29, 0.717) is 5.17 Å². The highest BCUT2D eigenvalue weighted by Crippen LogP contribution is 2.31. The van der Waals surface area contributed by atoms with E-state index in [0.717, 1.165) is 27.4 Å². The number of aryl methyl sites for hydroxylation is 1. The SMILES string of the molecule is Cc1ccccc1C1=NN2C(=N)/C(=C/c3ccc(N(C)C)cc3)C(=O)N=C2S1. The fourth-order valence-electron chi connectivity index (χ4n) is 2.95. The maximum absolute atomic E-state index is 12.5. The third-order valence-electron chi connectivity index (χ3n) is 4.55. The molecule has 6 nitrogen and oxygen atoms in total. The predicted molar refractivity (Wildman–Crippen MR) is 116 cm³/mol. The number of aliphatic imine (C=N–C) groups is 1. The fraction of sp³-hybridized carbons (Fsp3) is 0.143. The standard InChI is InChI=1S/C21H19N5OS/c1-13-6-4-5-7-16(13)20-24-26-18(22)17(19(27)23-21(26)28-20)12-14-8-10-15(11-9-14)25(2)3/h4-12,22H,1-3H3/b17-12-,22-18?. The number of nitrogens with one attached hydrogen (secondary N) is 1. The Morgan fingerprint density at radius 3 is 2.50 bits per heavy atom. The second-order valence-corrected chi connectivity index (χ2v) is 7.68. The Labute approximate surface area is 167 Å². The Kier molecular flexibility index (Phi) is 4.60. The molecule has 2 aromatic rings. The largest absolute Gasteiger partial charge is 0.378 e. The van der Waals surface area contributed by atoms with E-state index in [2.05, 4.69) is 10.1 Å². The second kappa shape index (κ2) is 7.09. The molecule has 0 radical (unpaired) electrons. The minimum absolute atomic E-state index is 0.0442. The summed E-state index contributed by atoms with van der Waals surface area (Å²) in [5, 5.41) is 15.6. The average Bonchev–Trinajstić information content (AvgIpc) is 3.09. The van der Waals surface area contributed by atoms with E-state index in [4.69, 9.17) is 5.41 Å². The Balaban J connectivity index is 1.66.